The van der Waals surface area contributed by atoms with Gasteiger partial charge in [-0.1, -0.05) is 13.3 Å². The predicted molar refractivity (Wildman–Crippen MR) is 70.4 cm³/mol. The summed E-state index contributed by atoms with van der Waals surface area (Å²) in [6.45, 7) is 1.86. The number of carboxylic acids is 1. The minimum Gasteiger partial charge on any atom is -0.481 e. The summed E-state index contributed by atoms with van der Waals surface area (Å²) in [5.74, 6) is -2.15. The molecule has 1 heterocycles. The zero-order valence-corrected chi connectivity index (χ0v) is 11.3. The predicted octanol–water partition coefficient (Wildman–Crippen LogP) is 1.16. The molecular weight excluding hydrogens is 266 g/mol. The van der Waals surface area contributed by atoms with Crippen LogP contribution in [0.25, 0.3) is 0 Å². The molecule has 1 aromatic rings. The highest BCUT2D eigenvalue weighted by Gasteiger charge is 2.21. The SMILES string of the molecule is CCCC(CNC(=O)c1cc([N+](=O)[O-])cn1C)C(=O)O. The lowest BCUT2D eigenvalue weighted by molar-refractivity contribution is -0.384. The maximum atomic E-state index is 11.9. The number of nitro groups is 1. The Balaban J connectivity index is 2.71. The molecule has 0 aromatic carbocycles. The summed E-state index contributed by atoms with van der Waals surface area (Å²) in [4.78, 5) is 32.9. The van der Waals surface area contributed by atoms with Crippen LogP contribution in [0.5, 0.6) is 0 Å². The number of nitrogens with one attached hydrogen (secondary N) is 1. The van der Waals surface area contributed by atoms with Crippen LogP contribution in [-0.2, 0) is 11.8 Å². The summed E-state index contributed by atoms with van der Waals surface area (Å²) in [6.07, 6.45) is 2.39. The third kappa shape index (κ3) is 3.81. The molecule has 1 amide bonds. The Morgan fingerprint density at radius 1 is 1.55 bits per heavy atom. The number of carbonyl (C=O) groups is 2. The highest BCUT2D eigenvalue weighted by Crippen LogP contribution is 2.15. The third-order valence-electron chi connectivity index (χ3n) is 2.93. The van der Waals surface area contributed by atoms with Gasteiger partial charge in [0.1, 0.15) is 5.69 Å². The third-order valence-corrected chi connectivity index (χ3v) is 2.93. The lowest BCUT2D eigenvalue weighted by Gasteiger charge is -2.12. The number of aryl methyl sites for hydroxylation is 1. The van der Waals surface area contributed by atoms with E-state index in [1.54, 1.807) is 0 Å². The van der Waals surface area contributed by atoms with Crippen molar-refractivity contribution in [2.45, 2.75) is 19.8 Å². The molecule has 0 saturated heterocycles. The van der Waals surface area contributed by atoms with E-state index < -0.39 is 22.7 Å². The van der Waals surface area contributed by atoms with Gasteiger partial charge in [-0.05, 0) is 6.42 Å². The topological polar surface area (TPSA) is 114 Å². The highest BCUT2D eigenvalue weighted by atomic mass is 16.6. The Labute approximate surface area is 115 Å². The molecule has 110 valence electrons. The van der Waals surface area contributed by atoms with Gasteiger partial charge in [0.2, 0.25) is 0 Å². The number of nitrogens with zero attached hydrogens (tertiary/aromatic N) is 2. The number of aromatic nitrogens is 1. The molecule has 20 heavy (non-hydrogen) atoms. The van der Waals surface area contributed by atoms with E-state index in [1.807, 2.05) is 6.92 Å². The van der Waals surface area contributed by atoms with Crippen molar-refractivity contribution in [1.82, 2.24) is 9.88 Å². The van der Waals surface area contributed by atoms with Crippen LogP contribution in [0.4, 0.5) is 5.69 Å². The fraction of sp³-hybridized carbons (Fsp3) is 0.500. The average Bonchev–Trinajstić information content (AvgIpc) is 2.76. The molecular formula is C12H17N3O5. The van der Waals surface area contributed by atoms with Gasteiger partial charge in [-0.3, -0.25) is 19.7 Å². The van der Waals surface area contributed by atoms with Crippen LogP contribution >= 0.6 is 0 Å². The van der Waals surface area contributed by atoms with Gasteiger partial charge in [-0.25, -0.2) is 0 Å². The molecule has 1 unspecified atom stereocenters. The van der Waals surface area contributed by atoms with Crippen molar-refractivity contribution in [3.8, 4) is 0 Å². The van der Waals surface area contributed by atoms with Gasteiger partial charge in [0.25, 0.3) is 11.6 Å². The molecule has 0 aliphatic rings. The molecule has 0 aliphatic heterocycles. The first kappa shape index (κ1) is 15.7. The average molecular weight is 283 g/mol. The van der Waals surface area contributed by atoms with E-state index in [0.29, 0.717) is 12.8 Å². The minimum absolute atomic E-state index is 0.000976. The summed E-state index contributed by atoms with van der Waals surface area (Å²) >= 11 is 0. The Kier molecular flexibility index (Phi) is 5.24. The summed E-state index contributed by atoms with van der Waals surface area (Å²) < 4.78 is 1.34. The van der Waals surface area contributed by atoms with Crippen LogP contribution in [0, 0.1) is 16.0 Å². The smallest absolute Gasteiger partial charge is 0.308 e. The molecule has 0 bridgehead atoms. The Morgan fingerprint density at radius 2 is 2.20 bits per heavy atom. The van der Waals surface area contributed by atoms with Crippen molar-refractivity contribution in [1.29, 1.82) is 0 Å². The maximum Gasteiger partial charge on any atom is 0.308 e. The van der Waals surface area contributed by atoms with E-state index in [2.05, 4.69) is 5.32 Å². The van der Waals surface area contributed by atoms with Crippen LogP contribution in [-0.4, -0.2) is 33.0 Å². The van der Waals surface area contributed by atoms with E-state index >= 15 is 0 Å². The molecule has 1 rings (SSSR count). The number of amides is 1. The largest absolute Gasteiger partial charge is 0.481 e. The van der Waals surface area contributed by atoms with Crippen LogP contribution in [0.3, 0.4) is 0 Å². The van der Waals surface area contributed by atoms with E-state index in [-0.39, 0.29) is 17.9 Å². The number of hydrogen-bond donors (Lipinski definition) is 2. The fourth-order valence-corrected chi connectivity index (χ4v) is 1.84. The maximum absolute atomic E-state index is 11.9. The molecule has 1 atom stereocenters. The molecule has 2 N–H and O–H groups in total. The van der Waals surface area contributed by atoms with Crippen LogP contribution in [0.1, 0.15) is 30.3 Å². The Hall–Kier alpha value is -2.38. The first-order valence-electron chi connectivity index (χ1n) is 6.18. The zero-order chi connectivity index (χ0) is 15.3. The number of hydrogen-bond acceptors (Lipinski definition) is 4. The second-order valence-corrected chi connectivity index (χ2v) is 4.49. The zero-order valence-electron chi connectivity index (χ0n) is 11.3. The van der Waals surface area contributed by atoms with Crippen molar-refractivity contribution in [3.05, 3.63) is 28.1 Å². The van der Waals surface area contributed by atoms with Gasteiger partial charge in [0, 0.05) is 19.7 Å². The van der Waals surface area contributed by atoms with Gasteiger partial charge in [0.05, 0.1) is 17.0 Å². The van der Waals surface area contributed by atoms with Gasteiger partial charge in [-0.2, -0.15) is 0 Å². The second-order valence-electron chi connectivity index (χ2n) is 4.49. The number of rotatable bonds is 7. The highest BCUT2D eigenvalue weighted by molar-refractivity contribution is 5.93. The van der Waals surface area contributed by atoms with Gasteiger partial charge < -0.3 is 15.0 Å². The van der Waals surface area contributed by atoms with Crippen molar-refractivity contribution in [2.75, 3.05) is 6.54 Å². The monoisotopic (exact) mass is 283 g/mol. The summed E-state index contributed by atoms with van der Waals surface area (Å²) in [5, 5.41) is 22.1. The van der Waals surface area contributed by atoms with Crippen molar-refractivity contribution in [2.24, 2.45) is 13.0 Å². The fourth-order valence-electron chi connectivity index (χ4n) is 1.84. The van der Waals surface area contributed by atoms with Crippen LogP contribution in [0.2, 0.25) is 0 Å². The molecule has 0 aliphatic carbocycles. The Morgan fingerprint density at radius 3 is 2.65 bits per heavy atom. The van der Waals surface area contributed by atoms with E-state index in [1.165, 1.54) is 17.8 Å². The molecule has 0 saturated carbocycles. The molecule has 0 spiro atoms. The van der Waals surface area contributed by atoms with E-state index in [0.717, 1.165) is 6.07 Å². The number of carbonyl (C=O) groups excluding carboxylic acids is 1. The lowest BCUT2D eigenvalue weighted by Crippen LogP contribution is -2.33. The van der Waals surface area contributed by atoms with Gasteiger partial charge in [0.15, 0.2) is 0 Å². The molecule has 0 radical (unpaired) electrons. The lowest BCUT2D eigenvalue weighted by atomic mass is 10.0. The van der Waals surface area contributed by atoms with Crippen LogP contribution in [0.15, 0.2) is 12.3 Å². The standard InChI is InChI=1S/C12H17N3O5/c1-3-4-8(12(17)18)6-13-11(16)10-5-9(15(19)20)7-14(10)2/h5,7-8H,3-4,6H2,1-2H3,(H,13,16)(H,17,18). The first-order valence-corrected chi connectivity index (χ1v) is 6.18. The number of aliphatic carboxylic acids is 1. The van der Waals surface area contributed by atoms with Crippen molar-refractivity contribution < 1.29 is 19.6 Å². The Bertz CT molecular complexity index is 523. The normalized spacial score (nSPS) is 11.9. The molecule has 0 fully saturated rings. The summed E-state index contributed by atoms with van der Waals surface area (Å²) in [5.41, 5.74) is -0.0571. The van der Waals surface area contributed by atoms with Crippen molar-refractivity contribution >= 4 is 17.6 Å². The minimum atomic E-state index is -0.968. The quantitative estimate of drug-likeness (QED) is 0.575. The number of carboxylic acid groups (broad SMARTS) is 1. The van der Waals surface area contributed by atoms with Crippen LogP contribution < -0.4 is 5.32 Å². The molecule has 1 aromatic heterocycles. The first-order chi connectivity index (χ1) is 9.36. The molecule has 8 nitrogen and oxygen atoms in total. The van der Waals surface area contributed by atoms with Crippen molar-refractivity contribution in [3.63, 3.8) is 0 Å². The van der Waals surface area contributed by atoms with E-state index in [4.69, 9.17) is 5.11 Å². The van der Waals surface area contributed by atoms with E-state index in [9.17, 15) is 19.7 Å². The molecule has 8 heteroatoms. The summed E-state index contributed by atoms with van der Waals surface area (Å²) in [7, 11) is 1.52. The van der Waals surface area contributed by atoms with Gasteiger partial charge >= 0.3 is 5.97 Å². The second kappa shape index (κ2) is 6.69. The summed E-state index contributed by atoms with van der Waals surface area (Å²) in [6, 6.07) is 1.16. The van der Waals surface area contributed by atoms with Gasteiger partial charge in [-0.15, -0.1) is 0 Å².